The van der Waals surface area contributed by atoms with E-state index in [-0.39, 0.29) is 21.9 Å². The van der Waals surface area contributed by atoms with Crippen molar-refractivity contribution in [2.24, 2.45) is 0 Å². The Balaban J connectivity index is 2.44. The molecule has 1 aromatic carbocycles. The number of esters is 1. The monoisotopic (exact) mass is 354 g/mol. The number of ether oxygens (including phenoxy) is 3. The number of hydrogen-bond donors (Lipinski definition) is 0. The number of hydrogen-bond acceptors (Lipinski definition) is 6. The van der Waals surface area contributed by atoms with E-state index in [4.69, 9.17) is 37.4 Å². The smallest absolute Gasteiger partial charge is 0.341 e. The van der Waals surface area contributed by atoms with Gasteiger partial charge in [-0.25, -0.2) is 9.78 Å². The summed E-state index contributed by atoms with van der Waals surface area (Å²) in [7, 11) is 2.70. The number of benzene rings is 1. The lowest BCUT2D eigenvalue weighted by Crippen LogP contribution is -2.06. The number of halogens is 2. The Kier molecular flexibility index (Phi) is 5.78. The molecule has 0 saturated heterocycles. The van der Waals surface area contributed by atoms with Crippen molar-refractivity contribution in [1.29, 1.82) is 0 Å². The van der Waals surface area contributed by atoms with Gasteiger partial charge in [0.2, 0.25) is 11.2 Å². The van der Waals surface area contributed by atoms with E-state index in [0.29, 0.717) is 11.3 Å². The first-order valence-corrected chi connectivity index (χ1v) is 7.09. The molecule has 1 heterocycles. The van der Waals surface area contributed by atoms with Gasteiger partial charge in [-0.3, -0.25) is 0 Å². The van der Waals surface area contributed by atoms with Gasteiger partial charge >= 0.3 is 5.97 Å². The molecule has 1 aromatic heterocycles. The molecule has 0 aliphatic rings. The fourth-order valence-corrected chi connectivity index (χ4v) is 2.15. The Bertz CT molecular complexity index is 730. The van der Waals surface area contributed by atoms with Crippen LogP contribution in [-0.4, -0.2) is 30.2 Å². The molecule has 0 amide bonds. The molecule has 8 heteroatoms. The van der Waals surface area contributed by atoms with Crippen LogP contribution >= 0.6 is 23.2 Å². The van der Waals surface area contributed by atoms with E-state index < -0.39 is 5.97 Å². The molecule has 0 atom stereocenters. The highest BCUT2D eigenvalue weighted by Gasteiger charge is 2.18. The second kappa shape index (κ2) is 7.80. The number of rotatable bonds is 5. The minimum absolute atomic E-state index is 0.0504. The van der Waals surface area contributed by atoms with Crippen LogP contribution in [0.5, 0.6) is 11.6 Å². The van der Waals surface area contributed by atoms with Crippen molar-refractivity contribution in [3.05, 3.63) is 52.6 Å². The summed E-state index contributed by atoms with van der Waals surface area (Å²) in [5, 5.41) is 0.0868. The normalized spacial score (nSPS) is 11.0. The summed E-state index contributed by atoms with van der Waals surface area (Å²) in [6.45, 7) is 0. The first kappa shape index (κ1) is 17.1. The molecule has 0 spiro atoms. The molecule has 0 radical (unpaired) electrons. The van der Waals surface area contributed by atoms with Crippen molar-refractivity contribution in [3.8, 4) is 11.6 Å². The van der Waals surface area contributed by atoms with E-state index in [0.717, 1.165) is 0 Å². The molecule has 6 nitrogen and oxygen atoms in total. The van der Waals surface area contributed by atoms with E-state index in [1.807, 2.05) is 0 Å². The zero-order valence-corrected chi connectivity index (χ0v) is 13.8. The highest BCUT2D eigenvalue weighted by atomic mass is 35.5. The fourth-order valence-electron chi connectivity index (χ4n) is 1.76. The quantitative estimate of drug-likeness (QED) is 0.268. The lowest BCUT2D eigenvalue weighted by molar-refractivity contribution is -0.133. The molecule has 0 unspecified atom stereocenters. The first-order chi connectivity index (χ1) is 11.0. The number of methoxy groups -OCH3 is 2. The SMILES string of the molecule is CO/C=C(\C(=O)OC)c1ccccc1Oc1cc(Cl)nc(Cl)n1. The van der Waals surface area contributed by atoms with Crippen LogP contribution in [0.1, 0.15) is 5.56 Å². The van der Waals surface area contributed by atoms with Crippen LogP contribution in [0.25, 0.3) is 5.57 Å². The third-order valence-corrected chi connectivity index (χ3v) is 3.04. The van der Waals surface area contributed by atoms with Gasteiger partial charge in [0.15, 0.2) is 0 Å². The molecule has 23 heavy (non-hydrogen) atoms. The third-order valence-electron chi connectivity index (χ3n) is 2.68. The van der Waals surface area contributed by atoms with Crippen LogP contribution in [0, 0.1) is 0 Å². The van der Waals surface area contributed by atoms with Crippen LogP contribution < -0.4 is 4.74 Å². The maximum Gasteiger partial charge on any atom is 0.341 e. The van der Waals surface area contributed by atoms with Crippen LogP contribution in [-0.2, 0) is 14.3 Å². The number of para-hydroxylation sites is 1. The molecule has 120 valence electrons. The summed E-state index contributed by atoms with van der Waals surface area (Å²) < 4.78 is 15.4. The van der Waals surface area contributed by atoms with E-state index in [1.54, 1.807) is 24.3 Å². The van der Waals surface area contributed by atoms with E-state index in [1.165, 1.54) is 26.5 Å². The van der Waals surface area contributed by atoms with Crippen LogP contribution in [0.4, 0.5) is 0 Å². The van der Waals surface area contributed by atoms with Crippen LogP contribution in [0.2, 0.25) is 10.4 Å². The van der Waals surface area contributed by atoms with Crippen LogP contribution in [0.15, 0.2) is 36.6 Å². The standard InChI is InChI=1S/C15H12Cl2N2O4/c1-21-8-10(14(20)22-2)9-5-3-4-6-11(9)23-13-7-12(16)18-15(17)19-13/h3-8H,1-2H3/b10-8-. The molecular formula is C15H12Cl2N2O4. The van der Waals surface area contributed by atoms with Gasteiger partial charge in [0.1, 0.15) is 16.5 Å². The van der Waals surface area contributed by atoms with Crippen molar-refractivity contribution >= 4 is 34.7 Å². The second-order valence-electron chi connectivity index (χ2n) is 4.15. The Morgan fingerprint density at radius 2 is 1.91 bits per heavy atom. The highest BCUT2D eigenvalue weighted by Crippen LogP contribution is 2.31. The Morgan fingerprint density at radius 3 is 2.57 bits per heavy atom. The van der Waals surface area contributed by atoms with Crippen molar-refractivity contribution < 1.29 is 19.0 Å². The minimum Gasteiger partial charge on any atom is -0.503 e. The summed E-state index contributed by atoms with van der Waals surface area (Å²) >= 11 is 11.6. The lowest BCUT2D eigenvalue weighted by atomic mass is 10.1. The van der Waals surface area contributed by atoms with Gasteiger partial charge in [-0.15, -0.1) is 0 Å². The van der Waals surface area contributed by atoms with Gasteiger partial charge in [0, 0.05) is 11.6 Å². The molecule has 0 aliphatic heterocycles. The maximum atomic E-state index is 11.9. The van der Waals surface area contributed by atoms with Crippen molar-refractivity contribution in [1.82, 2.24) is 9.97 Å². The number of carbonyl (C=O) groups excluding carboxylic acids is 1. The lowest BCUT2D eigenvalue weighted by Gasteiger charge is -2.12. The Labute approximate surface area is 142 Å². The third kappa shape index (κ3) is 4.34. The van der Waals surface area contributed by atoms with Gasteiger partial charge in [-0.2, -0.15) is 4.98 Å². The first-order valence-electron chi connectivity index (χ1n) is 6.33. The summed E-state index contributed by atoms with van der Waals surface area (Å²) in [6.07, 6.45) is 1.27. The molecule has 2 rings (SSSR count). The number of aromatic nitrogens is 2. The Hall–Kier alpha value is -2.31. The van der Waals surface area contributed by atoms with E-state index in [2.05, 4.69) is 9.97 Å². The number of carbonyl (C=O) groups is 1. The molecule has 0 saturated carbocycles. The molecule has 2 aromatic rings. The summed E-state index contributed by atoms with van der Waals surface area (Å²) in [4.78, 5) is 19.6. The zero-order valence-electron chi connectivity index (χ0n) is 12.2. The second-order valence-corrected chi connectivity index (χ2v) is 4.88. The number of nitrogens with zero attached hydrogens (tertiary/aromatic N) is 2. The summed E-state index contributed by atoms with van der Waals surface area (Å²) in [6, 6.07) is 8.23. The topological polar surface area (TPSA) is 70.5 Å². The molecule has 0 bridgehead atoms. The van der Waals surface area contributed by atoms with Gasteiger partial charge in [0.25, 0.3) is 0 Å². The Morgan fingerprint density at radius 1 is 1.17 bits per heavy atom. The molecule has 0 aliphatic carbocycles. The molecule has 0 N–H and O–H groups in total. The van der Waals surface area contributed by atoms with Crippen molar-refractivity contribution in [2.75, 3.05) is 14.2 Å². The predicted octanol–water partition coefficient (Wildman–Crippen LogP) is 3.74. The highest BCUT2D eigenvalue weighted by molar-refractivity contribution is 6.31. The van der Waals surface area contributed by atoms with Crippen molar-refractivity contribution in [3.63, 3.8) is 0 Å². The average molecular weight is 355 g/mol. The fraction of sp³-hybridized carbons (Fsp3) is 0.133. The van der Waals surface area contributed by atoms with Crippen molar-refractivity contribution in [2.45, 2.75) is 0 Å². The van der Waals surface area contributed by atoms with Gasteiger partial charge in [0.05, 0.1) is 20.5 Å². The maximum absolute atomic E-state index is 11.9. The van der Waals surface area contributed by atoms with Gasteiger partial charge in [-0.1, -0.05) is 29.8 Å². The minimum atomic E-state index is -0.568. The average Bonchev–Trinajstić information content (AvgIpc) is 2.52. The molecular weight excluding hydrogens is 343 g/mol. The summed E-state index contributed by atoms with van der Waals surface area (Å²) in [5.74, 6) is -0.0715. The largest absolute Gasteiger partial charge is 0.503 e. The summed E-state index contributed by atoms with van der Waals surface area (Å²) in [5.41, 5.74) is 0.656. The van der Waals surface area contributed by atoms with Crippen LogP contribution in [0.3, 0.4) is 0 Å². The van der Waals surface area contributed by atoms with Gasteiger partial charge < -0.3 is 14.2 Å². The zero-order chi connectivity index (χ0) is 16.8. The molecule has 0 fully saturated rings. The van der Waals surface area contributed by atoms with E-state index in [9.17, 15) is 4.79 Å². The predicted molar refractivity (Wildman–Crippen MR) is 85.6 cm³/mol. The van der Waals surface area contributed by atoms with E-state index >= 15 is 0 Å². The van der Waals surface area contributed by atoms with Gasteiger partial charge in [-0.05, 0) is 17.7 Å².